The Hall–Kier alpha value is -3.18. The van der Waals surface area contributed by atoms with E-state index in [4.69, 9.17) is 4.74 Å². The number of pyridine rings is 1. The van der Waals surface area contributed by atoms with Crippen LogP contribution in [-0.2, 0) is 11.2 Å². The van der Waals surface area contributed by atoms with Gasteiger partial charge in [-0.1, -0.05) is 17.4 Å². The number of aromatic hydroxyl groups is 1. The lowest BCUT2D eigenvalue weighted by Crippen LogP contribution is -2.48. The average Bonchev–Trinajstić information content (AvgIpc) is 3.36. The van der Waals surface area contributed by atoms with Gasteiger partial charge in [0.1, 0.15) is 16.6 Å². The zero-order chi connectivity index (χ0) is 21.0. The van der Waals surface area contributed by atoms with Crippen LogP contribution in [0.5, 0.6) is 5.75 Å². The predicted octanol–water partition coefficient (Wildman–Crippen LogP) is 1.62. The first kappa shape index (κ1) is 18.8. The minimum atomic E-state index is -0.746. The van der Waals surface area contributed by atoms with Gasteiger partial charge in [0.05, 0.1) is 30.9 Å². The number of hydrogen-bond acceptors (Lipinski definition) is 7. The van der Waals surface area contributed by atoms with Crippen molar-refractivity contribution in [2.75, 3.05) is 13.2 Å². The molecule has 0 radical (unpaired) electrons. The maximum absolute atomic E-state index is 13.9. The van der Waals surface area contributed by atoms with Crippen molar-refractivity contribution in [3.63, 3.8) is 0 Å². The van der Waals surface area contributed by atoms with Gasteiger partial charge in [0.15, 0.2) is 16.5 Å². The molecule has 0 saturated carbocycles. The second kappa shape index (κ2) is 6.96. The maximum Gasteiger partial charge on any atom is 0.272 e. The lowest BCUT2D eigenvalue weighted by Gasteiger charge is -2.30. The monoisotopic (exact) mass is 432 g/mol. The Balaban J connectivity index is 1.54. The molecule has 0 spiro atoms. The fraction of sp³-hybridized carbons (Fsp3) is 0.263. The molecule has 8 nitrogen and oxygen atoms in total. The Morgan fingerprint density at radius 1 is 1.27 bits per heavy atom. The molecule has 11 heteroatoms. The first-order chi connectivity index (χ1) is 14.4. The number of rotatable bonds is 3. The van der Waals surface area contributed by atoms with Crippen molar-refractivity contribution in [2.45, 2.75) is 18.5 Å². The van der Waals surface area contributed by atoms with Gasteiger partial charge in [0.2, 0.25) is 5.43 Å². The van der Waals surface area contributed by atoms with Gasteiger partial charge in [0, 0.05) is 18.7 Å². The van der Waals surface area contributed by atoms with E-state index in [1.165, 1.54) is 12.3 Å². The van der Waals surface area contributed by atoms with Gasteiger partial charge in [-0.25, -0.2) is 8.78 Å². The summed E-state index contributed by atoms with van der Waals surface area (Å²) in [6.07, 6.45) is 1.55. The highest BCUT2D eigenvalue weighted by atomic mass is 32.1. The first-order valence-corrected chi connectivity index (χ1v) is 9.87. The van der Waals surface area contributed by atoms with Crippen LogP contribution < -0.4 is 10.7 Å². The average molecular weight is 432 g/mol. The predicted molar refractivity (Wildman–Crippen MR) is 102 cm³/mol. The summed E-state index contributed by atoms with van der Waals surface area (Å²) in [6.45, 7) is 0.662. The molecule has 1 aromatic carbocycles. The van der Waals surface area contributed by atoms with E-state index >= 15 is 0 Å². The minimum absolute atomic E-state index is 0.0724. The minimum Gasteiger partial charge on any atom is -0.503 e. The molecule has 1 saturated heterocycles. The van der Waals surface area contributed by atoms with Crippen LogP contribution in [0.4, 0.5) is 8.78 Å². The number of ether oxygens (including phenoxy) is 1. The molecular formula is C19H14F2N4O4S. The summed E-state index contributed by atoms with van der Waals surface area (Å²) in [6, 6.07) is 2.75. The molecule has 0 unspecified atom stereocenters. The lowest BCUT2D eigenvalue weighted by atomic mass is 10.0. The number of hydrogen-bond donors (Lipinski definition) is 2. The number of fused-ring (bicyclic) bond motifs is 3. The van der Waals surface area contributed by atoms with Crippen LogP contribution in [0, 0.1) is 11.6 Å². The molecule has 3 aromatic rings. The number of carbonyl (C=O) groups is 1. The van der Waals surface area contributed by atoms with Crippen LogP contribution >= 0.6 is 11.3 Å². The van der Waals surface area contributed by atoms with Gasteiger partial charge in [-0.15, -0.1) is 10.2 Å². The molecule has 2 aliphatic rings. The zero-order valence-corrected chi connectivity index (χ0v) is 16.1. The normalized spacial score (nSPS) is 20.0. The Morgan fingerprint density at radius 2 is 2.10 bits per heavy atom. The molecule has 2 aromatic heterocycles. The van der Waals surface area contributed by atoms with Gasteiger partial charge in [-0.05, 0) is 11.6 Å². The maximum atomic E-state index is 13.9. The standard InChI is InChI=1S/C19H14F2N4O4S/c20-9-2-1-8(11(21)4-9)3-14-23-24-19(30-14)10-5-25-13-7-29-6-12(13)22-18(28)15(25)17(27)16(10)26/h1-2,4-5,12-13,27H,3,6-7H2,(H,22,28)/t12-,13+/m1/s1. The van der Waals surface area contributed by atoms with Crippen molar-refractivity contribution in [3.05, 3.63) is 62.5 Å². The Labute approximate surface area is 171 Å². The van der Waals surface area contributed by atoms with Crippen LogP contribution in [-0.4, -0.2) is 45.0 Å². The number of nitrogens with one attached hydrogen (secondary N) is 1. The van der Waals surface area contributed by atoms with Crippen molar-refractivity contribution in [1.82, 2.24) is 20.1 Å². The highest BCUT2D eigenvalue weighted by molar-refractivity contribution is 7.14. The van der Waals surface area contributed by atoms with Gasteiger partial charge in [-0.3, -0.25) is 9.59 Å². The van der Waals surface area contributed by atoms with Gasteiger partial charge in [0.25, 0.3) is 5.91 Å². The number of amides is 1. The van der Waals surface area contributed by atoms with Gasteiger partial charge in [-0.2, -0.15) is 0 Å². The molecule has 0 aliphatic carbocycles. The summed E-state index contributed by atoms with van der Waals surface area (Å²) >= 11 is 1.05. The molecule has 4 heterocycles. The summed E-state index contributed by atoms with van der Waals surface area (Å²) in [5.41, 5.74) is -0.537. The van der Waals surface area contributed by atoms with Crippen LogP contribution in [0.3, 0.4) is 0 Å². The Kier molecular flexibility index (Phi) is 4.36. The van der Waals surface area contributed by atoms with Gasteiger partial charge >= 0.3 is 0 Å². The fourth-order valence-electron chi connectivity index (χ4n) is 3.71. The van der Waals surface area contributed by atoms with E-state index in [-0.39, 0.29) is 40.3 Å². The third-order valence-corrected chi connectivity index (χ3v) is 6.16. The number of halogens is 2. The van der Waals surface area contributed by atoms with E-state index in [2.05, 4.69) is 15.5 Å². The molecule has 1 fully saturated rings. The number of carbonyl (C=O) groups excluding carboxylic acids is 1. The smallest absolute Gasteiger partial charge is 0.272 e. The summed E-state index contributed by atoms with van der Waals surface area (Å²) in [4.78, 5) is 25.0. The van der Waals surface area contributed by atoms with Crippen LogP contribution in [0.25, 0.3) is 10.6 Å². The Morgan fingerprint density at radius 3 is 2.90 bits per heavy atom. The number of nitrogens with zero attached hydrogens (tertiary/aromatic N) is 3. The van der Waals surface area contributed by atoms with Crippen molar-refractivity contribution >= 4 is 17.2 Å². The zero-order valence-electron chi connectivity index (χ0n) is 15.3. The van der Waals surface area contributed by atoms with Crippen molar-refractivity contribution in [3.8, 4) is 16.3 Å². The van der Waals surface area contributed by atoms with Crippen LogP contribution in [0.15, 0.2) is 29.2 Å². The molecule has 5 rings (SSSR count). The van der Waals surface area contributed by atoms with E-state index in [0.29, 0.717) is 18.2 Å². The van der Waals surface area contributed by atoms with E-state index < -0.39 is 28.7 Å². The van der Waals surface area contributed by atoms with Crippen LogP contribution in [0.2, 0.25) is 0 Å². The van der Waals surface area contributed by atoms with Gasteiger partial charge < -0.3 is 19.7 Å². The summed E-state index contributed by atoms with van der Waals surface area (Å²) < 4.78 is 34.0. The Bertz CT molecular complexity index is 1240. The largest absolute Gasteiger partial charge is 0.503 e. The number of benzene rings is 1. The van der Waals surface area contributed by atoms with Crippen molar-refractivity contribution in [2.24, 2.45) is 0 Å². The molecule has 1 amide bonds. The molecule has 0 bridgehead atoms. The topological polar surface area (TPSA) is 106 Å². The fourth-order valence-corrected chi connectivity index (χ4v) is 4.58. The molecule has 154 valence electrons. The highest BCUT2D eigenvalue weighted by Crippen LogP contribution is 2.32. The molecule has 2 N–H and O–H groups in total. The second-order valence-electron chi connectivity index (χ2n) is 7.07. The van der Waals surface area contributed by atoms with E-state index in [0.717, 1.165) is 23.5 Å². The second-order valence-corrected chi connectivity index (χ2v) is 8.14. The summed E-state index contributed by atoms with van der Waals surface area (Å²) in [5.74, 6) is -2.59. The first-order valence-electron chi connectivity index (χ1n) is 9.05. The number of aromatic nitrogens is 3. The molecule has 2 atom stereocenters. The summed E-state index contributed by atoms with van der Waals surface area (Å²) in [5, 5.41) is 21.8. The lowest BCUT2D eigenvalue weighted by molar-refractivity contribution is 0.0886. The third-order valence-electron chi connectivity index (χ3n) is 5.20. The third kappa shape index (κ3) is 2.97. The summed E-state index contributed by atoms with van der Waals surface area (Å²) in [7, 11) is 0. The SMILES string of the molecule is O=C1N[C@@H]2COC[C@@H]2n2cc(-c3nnc(Cc4ccc(F)cc4F)s3)c(=O)c(O)c21. The van der Waals surface area contributed by atoms with Crippen molar-refractivity contribution in [1.29, 1.82) is 0 Å². The highest BCUT2D eigenvalue weighted by Gasteiger charge is 2.39. The molecule has 30 heavy (non-hydrogen) atoms. The van der Waals surface area contributed by atoms with Crippen LogP contribution in [0.1, 0.15) is 27.1 Å². The van der Waals surface area contributed by atoms with Crippen molar-refractivity contribution < 1.29 is 23.4 Å². The van der Waals surface area contributed by atoms with E-state index in [1.807, 2.05) is 0 Å². The quantitative estimate of drug-likeness (QED) is 0.652. The molecular weight excluding hydrogens is 418 g/mol. The van der Waals surface area contributed by atoms with E-state index in [1.54, 1.807) is 4.57 Å². The van der Waals surface area contributed by atoms with E-state index in [9.17, 15) is 23.5 Å². The molecule has 2 aliphatic heterocycles.